The molecule has 2 aliphatic carbocycles. The van der Waals surface area contributed by atoms with Gasteiger partial charge in [0.05, 0.1) is 29.5 Å². The van der Waals surface area contributed by atoms with E-state index in [1.54, 1.807) is 26.0 Å². The first kappa shape index (κ1) is 42.9. The number of amides is 4. The van der Waals surface area contributed by atoms with Crippen LogP contribution in [0.2, 0.25) is 0 Å². The molecular formula is C39H50F3N5O10S. The molecule has 19 heteroatoms. The van der Waals surface area contributed by atoms with E-state index in [2.05, 4.69) is 15.0 Å². The van der Waals surface area contributed by atoms with Crippen LogP contribution in [0.4, 0.5) is 18.0 Å². The van der Waals surface area contributed by atoms with Crippen molar-refractivity contribution in [2.45, 2.75) is 139 Å². The lowest BCUT2D eigenvalue weighted by Gasteiger charge is -2.42. The van der Waals surface area contributed by atoms with Crippen molar-refractivity contribution >= 4 is 44.6 Å². The number of carbonyl (C=O) groups is 4. The van der Waals surface area contributed by atoms with E-state index in [9.17, 15) is 37.1 Å². The molecule has 58 heavy (non-hydrogen) atoms. The fraction of sp³-hybridized carbons (Fsp3) is 0.615. The SMILES string of the molecule is CCC(C)N(C(=O)O)[C@@H]1C(=O)N2[C@@H](C[C@@](C)(Oc3nccc4c(OC)cc(F)cc34)C2(F)F)C(=O)N[C@]2(C(=O)NS(=O)(=O)C3(C)CC3)C[C@H]2/C=C\CC[C@@H](C)O[C@H]1C. The first-order chi connectivity index (χ1) is 27.1. The lowest BCUT2D eigenvalue weighted by Crippen LogP contribution is -2.65. The van der Waals surface area contributed by atoms with Gasteiger partial charge in [0.2, 0.25) is 21.8 Å². The van der Waals surface area contributed by atoms with Gasteiger partial charge in [0.25, 0.3) is 11.8 Å². The number of sulfonamides is 1. The Morgan fingerprint density at radius 3 is 2.48 bits per heavy atom. The fourth-order valence-corrected chi connectivity index (χ4v) is 9.24. The van der Waals surface area contributed by atoms with Crippen LogP contribution in [0.1, 0.15) is 86.5 Å². The zero-order valence-corrected chi connectivity index (χ0v) is 34.2. The number of fused-ring (bicyclic) bond motifs is 3. The smallest absolute Gasteiger partial charge is 0.408 e. The van der Waals surface area contributed by atoms with E-state index in [1.165, 1.54) is 40.1 Å². The number of rotatable bonds is 9. The summed E-state index contributed by atoms with van der Waals surface area (Å²) in [6, 6.07) is -5.82. The van der Waals surface area contributed by atoms with Gasteiger partial charge in [-0.2, -0.15) is 8.78 Å². The number of nitrogens with one attached hydrogen (secondary N) is 2. The Bertz CT molecular complexity index is 2140. The zero-order valence-electron chi connectivity index (χ0n) is 33.4. The Kier molecular flexibility index (Phi) is 11.2. The largest absolute Gasteiger partial charge is 0.496 e. The molecule has 0 spiro atoms. The number of methoxy groups -OCH3 is 1. The Hall–Kier alpha value is -4.65. The van der Waals surface area contributed by atoms with Crippen LogP contribution in [0.3, 0.4) is 0 Å². The molecule has 0 radical (unpaired) electrons. The molecule has 3 N–H and O–H groups in total. The molecule has 1 aromatic carbocycles. The number of hydrogen-bond donors (Lipinski definition) is 3. The van der Waals surface area contributed by atoms with Crippen LogP contribution >= 0.6 is 0 Å². The van der Waals surface area contributed by atoms with Gasteiger partial charge in [0.15, 0.2) is 5.60 Å². The van der Waals surface area contributed by atoms with Crippen LogP contribution < -0.4 is 19.5 Å². The van der Waals surface area contributed by atoms with Gasteiger partial charge >= 0.3 is 12.1 Å². The third-order valence-corrected chi connectivity index (χ3v) is 14.3. The van der Waals surface area contributed by atoms with Crippen LogP contribution in [0, 0.1) is 11.7 Å². The van der Waals surface area contributed by atoms with E-state index >= 15 is 8.78 Å². The Labute approximate surface area is 334 Å². The van der Waals surface area contributed by atoms with E-state index in [4.69, 9.17) is 14.2 Å². The minimum Gasteiger partial charge on any atom is -0.496 e. The molecule has 4 aliphatic rings. The summed E-state index contributed by atoms with van der Waals surface area (Å²) < 4.78 is 94.6. The van der Waals surface area contributed by atoms with Crippen molar-refractivity contribution in [3.63, 3.8) is 0 Å². The number of halogens is 3. The summed E-state index contributed by atoms with van der Waals surface area (Å²) in [6.45, 7) is 8.63. The molecule has 4 amide bonds. The lowest BCUT2D eigenvalue weighted by atomic mass is 9.99. The highest BCUT2D eigenvalue weighted by atomic mass is 32.2. The first-order valence-corrected chi connectivity index (χ1v) is 20.8. The number of allylic oxidation sites excluding steroid dienone is 1. The molecule has 1 aromatic heterocycles. The second-order valence-electron chi connectivity index (χ2n) is 16.3. The molecule has 2 aromatic rings. The number of pyridine rings is 1. The molecule has 0 bridgehead atoms. The van der Waals surface area contributed by atoms with Gasteiger partial charge in [-0.3, -0.25) is 28.9 Å². The van der Waals surface area contributed by atoms with Crippen molar-refractivity contribution in [3.8, 4) is 11.6 Å². The van der Waals surface area contributed by atoms with Crippen LogP contribution in [0.15, 0.2) is 36.5 Å². The monoisotopic (exact) mass is 837 g/mol. The molecule has 1 saturated heterocycles. The van der Waals surface area contributed by atoms with Crippen molar-refractivity contribution in [1.82, 2.24) is 24.8 Å². The molecule has 3 heterocycles. The van der Waals surface area contributed by atoms with E-state index in [1.807, 2.05) is 0 Å². The quantitative estimate of drug-likeness (QED) is 0.230. The van der Waals surface area contributed by atoms with E-state index in [0.29, 0.717) is 25.7 Å². The summed E-state index contributed by atoms with van der Waals surface area (Å²) in [6.07, 6.45) is 1.52. The number of carbonyl (C=O) groups excluding carboxylic acids is 3. The van der Waals surface area contributed by atoms with Crippen molar-refractivity contribution in [2.24, 2.45) is 5.92 Å². The first-order valence-electron chi connectivity index (χ1n) is 19.3. The van der Waals surface area contributed by atoms with Gasteiger partial charge in [-0.15, -0.1) is 0 Å². The van der Waals surface area contributed by atoms with Gasteiger partial charge in [-0.1, -0.05) is 19.1 Å². The van der Waals surface area contributed by atoms with E-state index in [-0.39, 0.29) is 34.3 Å². The Morgan fingerprint density at radius 2 is 1.86 bits per heavy atom. The van der Waals surface area contributed by atoms with Gasteiger partial charge < -0.3 is 24.6 Å². The summed E-state index contributed by atoms with van der Waals surface area (Å²) in [5.41, 5.74) is -4.70. The van der Waals surface area contributed by atoms with E-state index in [0.717, 1.165) is 24.0 Å². The highest BCUT2D eigenvalue weighted by Crippen LogP contribution is 2.51. The molecular weight excluding hydrogens is 788 g/mol. The summed E-state index contributed by atoms with van der Waals surface area (Å²) in [5.74, 6) is -5.79. The molecule has 6 rings (SSSR count). The number of alkyl halides is 2. The highest BCUT2D eigenvalue weighted by Gasteiger charge is 2.71. The lowest BCUT2D eigenvalue weighted by molar-refractivity contribution is -0.220. The summed E-state index contributed by atoms with van der Waals surface area (Å²) in [4.78, 5) is 61.2. The van der Waals surface area contributed by atoms with Gasteiger partial charge in [-0.25, -0.2) is 22.6 Å². The number of benzene rings is 1. The Balaban J connectivity index is 1.49. The average Bonchev–Trinajstić information content (AvgIpc) is 4.05. The highest BCUT2D eigenvalue weighted by molar-refractivity contribution is 7.91. The van der Waals surface area contributed by atoms with Gasteiger partial charge in [0, 0.05) is 36.0 Å². The molecule has 318 valence electrons. The number of carboxylic acid groups (broad SMARTS) is 1. The second-order valence-corrected chi connectivity index (χ2v) is 18.5. The molecule has 1 unspecified atom stereocenters. The maximum atomic E-state index is 17.5. The molecule has 3 fully saturated rings. The maximum Gasteiger partial charge on any atom is 0.408 e. The second kappa shape index (κ2) is 15.2. The molecule has 8 atom stereocenters. The third kappa shape index (κ3) is 7.43. The zero-order chi connectivity index (χ0) is 42.7. The van der Waals surface area contributed by atoms with Crippen LogP contribution in [-0.2, 0) is 29.1 Å². The standard InChI is InChI=1S/C39H50F3N5O10S/c1-8-21(2)46(35(51)52)30-23(4)56-22(3)11-9-10-12-24-19-38(24,34(50)45-58(53,54)36(5)14-15-36)44-31(48)28-20-37(6,39(41,42)47(28)33(30)49)57-32-27-17-25(40)18-29(55-7)26(27)13-16-43-32/h10,12-13,16-18,21-24,28,30H,8-9,11,14-15,19-20H2,1-7H3,(H,44,48)(H,45,50)(H,51,52)/b12-10-/t21?,22-,23+,24-,28+,30+,37-,38-/m1/s1. The van der Waals surface area contributed by atoms with Gasteiger partial charge in [0.1, 0.15) is 29.2 Å². The van der Waals surface area contributed by atoms with E-state index < -0.39 is 110 Å². The van der Waals surface area contributed by atoms with Crippen LogP contribution in [0.25, 0.3) is 10.8 Å². The minimum atomic E-state index is -4.42. The number of ether oxygens (including phenoxy) is 3. The number of hydrogen-bond acceptors (Lipinski definition) is 10. The fourth-order valence-electron chi connectivity index (χ4n) is 7.93. The van der Waals surface area contributed by atoms with Crippen molar-refractivity contribution < 1.29 is 60.1 Å². The number of nitrogens with zero attached hydrogens (tertiary/aromatic N) is 3. The topological polar surface area (TPSA) is 194 Å². The predicted octanol–water partition coefficient (Wildman–Crippen LogP) is 4.88. The molecule has 15 nitrogen and oxygen atoms in total. The molecule has 2 aliphatic heterocycles. The van der Waals surface area contributed by atoms with Crippen molar-refractivity contribution in [1.29, 1.82) is 0 Å². The average molecular weight is 838 g/mol. The van der Waals surface area contributed by atoms with Crippen molar-refractivity contribution in [3.05, 3.63) is 42.4 Å². The van der Waals surface area contributed by atoms with Gasteiger partial charge in [-0.05, 0) is 85.3 Å². The number of aromatic nitrogens is 1. The summed E-state index contributed by atoms with van der Waals surface area (Å²) >= 11 is 0. The van der Waals surface area contributed by atoms with Crippen LogP contribution in [-0.4, -0.2) is 111 Å². The predicted molar refractivity (Wildman–Crippen MR) is 203 cm³/mol. The molecule has 2 saturated carbocycles. The summed E-state index contributed by atoms with van der Waals surface area (Å²) in [5, 5.41) is 13.2. The normalized spacial score (nSPS) is 31.7. The van der Waals surface area contributed by atoms with Crippen molar-refractivity contribution in [2.75, 3.05) is 7.11 Å². The minimum absolute atomic E-state index is 0.0252. The summed E-state index contributed by atoms with van der Waals surface area (Å²) in [7, 11) is -2.92. The Morgan fingerprint density at radius 1 is 1.17 bits per heavy atom. The third-order valence-electron chi connectivity index (χ3n) is 12.1. The van der Waals surface area contributed by atoms with Crippen LogP contribution in [0.5, 0.6) is 11.6 Å². The maximum absolute atomic E-state index is 17.5.